The number of carboxylic acids is 1. The van der Waals surface area contributed by atoms with E-state index in [1.165, 1.54) is 12.1 Å². The lowest BCUT2D eigenvalue weighted by Crippen LogP contribution is -2.59. The van der Waals surface area contributed by atoms with E-state index in [0.717, 1.165) is 13.0 Å². The lowest BCUT2D eigenvalue weighted by molar-refractivity contribution is -0.142. The van der Waals surface area contributed by atoms with E-state index in [0.29, 0.717) is 24.6 Å². The van der Waals surface area contributed by atoms with Crippen LogP contribution in [-0.4, -0.2) is 75.9 Å². The third-order valence-corrected chi connectivity index (χ3v) is 5.21. The molecule has 28 heavy (non-hydrogen) atoms. The molecule has 0 unspecified atom stereocenters. The summed E-state index contributed by atoms with van der Waals surface area (Å²) in [7, 11) is -1.54. The number of hydrogen-bond donors (Lipinski definition) is 5. The first-order valence-electron chi connectivity index (χ1n) is 9.39. The predicted molar refractivity (Wildman–Crippen MR) is 100 cm³/mol. The smallest absolute Gasteiger partial charge is 0.451 e. The number of ether oxygens (including phenoxy) is 1. The van der Waals surface area contributed by atoms with Crippen molar-refractivity contribution in [3.63, 3.8) is 0 Å². The van der Waals surface area contributed by atoms with Crippen LogP contribution in [0.1, 0.15) is 29.3 Å². The molecule has 0 saturated carbocycles. The molecule has 3 rings (SSSR count). The highest BCUT2D eigenvalue weighted by Crippen LogP contribution is 2.34. The Balaban J connectivity index is 1.62. The van der Waals surface area contributed by atoms with Crippen LogP contribution >= 0.6 is 0 Å². The monoisotopic (exact) mass is 392 g/mol. The summed E-state index contributed by atoms with van der Waals surface area (Å²) in [4.78, 5) is 25.7. The molecule has 1 aromatic rings. The van der Waals surface area contributed by atoms with Crippen molar-refractivity contribution in [2.45, 2.75) is 38.2 Å². The number of aromatic hydroxyl groups is 1. The first kappa shape index (κ1) is 20.4. The Morgan fingerprint density at radius 3 is 2.61 bits per heavy atom. The highest BCUT2D eigenvalue weighted by atomic mass is 16.5. The average molecular weight is 392 g/mol. The molecule has 2 saturated heterocycles. The molecule has 152 valence electrons. The van der Waals surface area contributed by atoms with Gasteiger partial charge >= 0.3 is 13.1 Å². The van der Waals surface area contributed by atoms with E-state index in [-0.39, 0.29) is 42.1 Å². The van der Waals surface area contributed by atoms with Gasteiger partial charge in [0, 0.05) is 0 Å². The standard InChI is InChI=1S/C18H25BN2O7/c1-10-6-13(20-7-10)17(23)21-8-12(9-21)28-14-3-2-11(4-5-19(26)27)16(22)15(14)18(24)25/h2-3,10,12-13,20,22,26-27H,4-9H2,1H3,(H,24,25)/t10-,13+/m1/s1. The lowest BCUT2D eigenvalue weighted by Gasteiger charge is -2.40. The summed E-state index contributed by atoms with van der Waals surface area (Å²) >= 11 is 0. The molecular weight excluding hydrogens is 367 g/mol. The van der Waals surface area contributed by atoms with Crippen molar-refractivity contribution in [2.75, 3.05) is 19.6 Å². The summed E-state index contributed by atoms with van der Waals surface area (Å²) in [6.07, 6.45) is 0.551. The van der Waals surface area contributed by atoms with Crippen molar-refractivity contribution in [3.8, 4) is 11.5 Å². The Hall–Kier alpha value is -2.30. The van der Waals surface area contributed by atoms with Gasteiger partial charge in [-0.15, -0.1) is 0 Å². The Morgan fingerprint density at radius 2 is 2.04 bits per heavy atom. The van der Waals surface area contributed by atoms with E-state index in [2.05, 4.69) is 12.2 Å². The molecule has 2 atom stereocenters. The fourth-order valence-corrected chi connectivity index (χ4v) is 3.60. The van der Waals surface area contributed by atoms with E-state index in [9.17, 15) is 19.8 Å². The summed E-state index contributed by atoms with van der Waals surface area (Å²) in [5.41, 5.74) is -0.0642. The fraction of sp³-hybridized carbons (Fsp3) is 0.556. The molecule has 0 aliphatic carbocycles. The normalized spacial score (nSPS) is 22.0. The Bertz CT molecular complexity index is 752. The van der Waals surface area contributed by atoms with Crippen LogP contribution in [0.15, 0.2) is 12.1 Å². The number of benzene rings is 1. The Kier molecular flexibility index (Phi) is 6.12. The van der Waals surface area contributed by atoms with E-state index in [1.54, 1.807) is 4.90 Å². The third kappa shape index (κ3) is 4.40. The summed E-state index contributed by atoms with van der Waals surface area (Å²) in [6.45, 7) is 3.64. The van der Waals surface area contributed by atoms with Crippen molar-refractivity contribution >= 4 is 19.0 Å². The van der Waals surface area contributed by atoms with Gasteiger partial charge in [-0.2, -0.15) is 0 Å². The minimum Gasteiger partial charge on any atom is -0.507 e. The molecule has 9 nitrogen and oxygen atoms in total. The minimum atomic E-state index is -1.54. The molecule has 10 heteroatoms. The lowest BCUT2D eigenvalue weighted by atomic mass is 9.82. The first-order valence-corrected chi connectivity index (χ1v) is 9.39. The van der Waals surface area contributed by atoms with Gasteiger partial charge in [0.05, 0.1) is 19.1 Å². The van der Waals surface area contributed by atoms with Crippen LogP contribution < -0.4 is 10.1 Å². The van der Waals surface area contributed by atoms with Crippen molar-refractivity contribution in [1.82, 2.24) is 10.2 Å². The van der Waals surface area contributed by atoms with E-state index in [4.69, 9.17) is 14.8 Å². The van der Waals surface area contributed by atoms with Gasteiger partial charge in [-0.25, -0.2) is 4.79 Å². The van der Waals surface area contributed by atoms with Crippen LogP contribution in [0.5, 0.6) is 11.5 Å². The highest BCUT2D eigenvalue weighted by molar-refractivity contribution is 6.41. The van der Waals surface area contributed by atoms with Crippen LogP contribution in [-0.2, 0) is 11.2 Å². The third-order valence-electron chi connectivity index (χ3n) is 5.21. The number of phenols is 1. The topological polar surface area (TPSA) is 140 Å². The number of likely N-dealkylation sites (tertiary alicyclic amines) is 1. The first-order chi connectivity index (χ1) is 13.3. The number of carboxylic acid groups (broad SMARTS) is 1. The summed E-state index contributed by atoms with van der Waals surface area (Å²) in [5.74, 6) is -1.25. The predicted octanol–water partition coefficient (Wildman–Crippen LogP) is -0.307. The second kappa shape index (κ2) is 8.38. The summed E-state index contributed by atoms with van der Waals surface area (Å²) in [6, 6.07) is 2.79. The van der Waals surface area contributed by atoms with Gasteiger partial charge in [0.15, 0.2) is 0 Å². The van der Waals surface area contributed by atoms with Crippen LogP contribution in [0.25, 0.3) is 0 Å². The molecule has 2 heterocycles. The molecule has 0 bridgehead atoms. The molecule has 2 aliphatic rings. The molecule has 5 N–H and O–H groups in total. The molecule has 0 radical (unpaired) electrons. The van der Waals surface area contributed by atoms with Gasteiger partial charge in [-0.05, 0) is 43.3 Å². The number of aryl methyl sites for hydroxylation is 1. The van der Waals surface area contributed by atoms with Gasteiger partial charge < -0.3 is 35.2 Å². The molecule has 1 amide bonds. The second-order valence-electron chi connectivity index (χ2n) is 7.56. The number of rotatable bonds is 7. The van der Waals surface area contributed by atoms with Gasteiger partial charge in [0.2, 0.25) is 5.91 Å². The van der Waals surface area contributed by atoms with Crippen molar-refractivity contribution in [1.29, 1.82) is 0 Å². The van der Waals surface area contributed by atoms with Crippen LogP contribution in [0.3, 0.4) is 0 Å². The SMILES string of the molecule is C[C@H]1CN[C@H](C(=O)N2CC(Oc3ccc(CCB(O)O)c(O)c3C(=O)O)C2)C1. The summed E-state index contributed by atoms with van der Waals surface area (Å²) in [5, 5.41) is 40.8. The van der Waals surface area contributed by atoms with Gasteiger partial charge in [-0.3, -0.25) is 4.79 Å². The van der Waals surface area contributed by atoms with E-state index >= 15 is 0 Å². The number of aromatic carboxylic acids is 1. The summed E-state index contributed by atoms with van der Waals surface area (Å²) < 4.78 is 5.71. The molecule has 2 fully saturated rings. The van der Waals surface area contributed by atoms with Crippen molar-refractivity contribution < 1.29 is 34.6 Å². The average Bonchev–Trinajstić information content (AvgIpc) is 3.02. The number of amides is 1. The fourth-order valence-electron chi connectivity index (χ4n) is 3.60. The number of hydrogen-bond acceptors (Lipinski definition) is 7. The maximum atomic E-state index is 12.4. The second-order valence-corrected chi connectivity index (χ2v) is 7.56. The number of carbonyl (C=O) groups is 2. The zero-order valence-corrected chi connectivity index (χ0v) is 15.7. The molecule has 1 aromatic carbocycles. The number of nitrogens with one attached hydrogen (secondary N) is 1. The Morgan fingerprint density at radius 1 is 1.32 bits per heavy atom. The highest BCUT2D eigenvalue weighted by Gasteiger charge is 2.38. The number of carbonyl (C=O) groups excluding carboxylic acids is 1. The Labute approximate surface area is 163 Å². The number of nitrogens with zero attached hydrogens (tertiary/aromatic N) is 1. The van der Waals surface area contributed by atoms with Gasteiger partial charge in [0.25, 0.3) is 0 Å². The molecule has 2 aliphatic heterocycles. The quantitative estimate of drug-likeness (QED) is 0.399. The van der Waals surface area contributed by atoms with Crippen LogP contribution in [0.2, 0.25) is 6.32 Å². The van der Waals surface area contributed by atoms with Crippen molar-refractivity contribution in [3.05, 3.63) is 23.3 Å². The molecule has 0 spiro atoms. The largest absolute Gasteiger partial charge is 0.507 e. The molecular formula is C18H25BN2O7. The van der Waals surface area contributed by atoms with Gasteiger partial charge in [0.1, 0.15) is 23.2 Å². The minimum absolute atomic E-state index is 0.0274. The van der Waals surface area contributed by atoms with Crippen LogP contribution in [0, 0.1) is 5.92 Å². The maximum absolute atomic E-state index is 12.4. The van der Waals surface area contributed by atoms with Gasteiger partial charge in [-0.1, -0.05) is 13.0 Å². The zero-order chi connectivity index (χ0) is 20.4. The van der Waals surface area contributed by atoms with Crippen molar-refractivity contribution in [2.24, 2.45) is 5.92 Å². The van der Waals surface area contributed by atoms with Crippen LogP contribution in [0.4, 0.5) is 0 Å². The molecule has 0 aromatic heterocycles. The maximum Gasteiger partial charge on any atom is 0.451 e. The van der Waals surface area contributed by atoms with E-state index in [1.807, 2.05) is 0 Å². The van der Waals surface area contributed by atoms with E-state index < -0.39 is 18.8 Å². The zero-order valence-electron chi connectivity index (χ0n) is 15.7.